The van der Waals surface area contributed by atoms with Crippen LogP contribution in [0.5, 0.6) is 0 Å². The molecule has 1 saturated heterocycles. The molecule has 4 nitrogen and oxygen atoms in total. The molecule has 1 fully saturated rings. The van der Waals surface area contributed by atoms with Crippen LogP contribution >= 0.6 is 11.3 Å². The molecule has 0 spiro atoms. The van der Waals surface area contributed by atoms with Gasteiger partial charge in [-0.15, -0.1) is 11.3 Å². The zero-order valence-corrected chi connectivity index (χ0v) is 12.8. The topological polar surface area (TPSA) is 49.8 Å². The molecule has 0 radical (unpaired) electrons. The number of aliphatic hydroxyl groups is 1. The summed E-state index contributed by atoms with van der Waals surface area (Å²) in [5.41, 5.74) is 0. The number of hydrogen-bond acceptors (Lipinski definition) is 4. The van der Waals surface area contributed by atoms with Crippen molar-refractivity contribution in [3.63, 3.8) is 0 Å². The Morgan fingerprint density at radius 2 is 2.50 bits per heavy atom. The fraction of sp³-hybridized carbons (Fsp3) is 0.667. The molecule has 0 saturated carbocycles. The molecule has 5 heteroatoms. The van der Waals surface area contributed by atoms with Gasteiger partial charge in [-0.3, -0.25) is 4.79 Å². The third-order valence-electron chi connectivity index (χ3n) is 3.50. The van der Waals surface area contributed by atoms with Crippen molar-refractivity contribution in [1.29, 1.82) is 0 Å². The molecular weight excluding hydrogens is 274 g/mol. The van der Waals surface area contributed by atoms with Gasteiger partial charge in [-0.05, 0) is 37.6 Å². The quantitative estimate of drug-likeness (QED) is 0.841. The molecule has 112 valence electrons. The number of ether oxygens (including phenoxy) is 1. The molecule has 1 aliphatic heterocycles. The van der Waals surface area contributed by atoms with Crippen molar-refractivity contribution in [2.24, 2.45) is 0 Å². The summed E-state index contributed by atoms with van der Waals surface area (Å²) in [5, 5.41) is 11.4. The predicted octanol–water partition coefficient (Wildman–Crippen LogP) is 2.42. The van der Waals surface area contributed by atoms with E-state index in [2.05, 4.69) is 6.07 Å². The molecule has 1 N–H and O–H groups in total. The summed E-state index contributed by atoms with van der Waals surface area (Å²) in [4.78, 5) is 15.4. The number of hydrogen-bond donors (Lipinski definition) is 1. The summed E-state index contributed by atoms with van der Waals surface area (Å²) >= 11 is 1.67. The minimum Gasteiger partial charge on any atom is -0.393 e. The van der Waals surface area contributed by atoms with Crippen LogP contribution in [0.15, 0.2) is 17.5 Å². The van der Waals surface area contributed by atoms with E-state index in [0.717, 1.165) is 19.4 Å². The Labute approximate surface area is 124 Å². The van der Waals surface area contributed by atoms with Gasteiger partial charge in [0, 0.05) is 24.4 Å². The van der Waals surface area contributed by atoms with E-state index in [1.807, 2.05) is 16.3 Å². The number of carbonyl (C=O) groups excluding carboxylic acids is 1. The Kier molecular flexibility index (Phi) is 6.01. The van der Waals surface area contributed by atoms with Crippen LogP contribution in [-0.4, -0.2) is 41.3 Å². The van der Waals surface area contributed by atoms with Crippen molar-refractivity contribution in [3.05, 3.63) is 22.4 Å². The molecular formula is C15H23NO3S. The molecule has 2 unspecified atom stereocenters. The first-order valence-corrected chi connectivity index (χ1v) is 8.13. The molecule has 2 atom stereocenters. The van der Waals surface area contributed by atoms with Crippen LogP contribution in [0.25, 0.3) is 0 Å². The monoisotopic (exact) mass is 297 g/mol. The second-order valence-corrected chi connectivity index (χ2v) is 6.41. The largest absolute Gasteiger partial charge is 0.393 e. The molecule has 1 aromatic rings. The smallest absolute Gasteiger partial charge is 0.223 e. The molecule has 2 rings (SSSR count). The first kappa shape index (κ1) is 15.5. The van der Waals surface area contributed by atoms with Crippen molar-refractivity contribution in [1.82, 2.24) is 4.90 Å². The summed E-state index contributed by atoms with van der Waals surface area (Å²) in [5.74, 6) is 0.106. The Morgan fingerprint density at radius 1 is 1.65 bits per heavy atom. The van der Waals surface area contributed by atoms with Crippen LogP contribution in [-0.2, 0) is 16.1 Å². The van der Waals surface area contributed by atoms with Gasteiger partial charge in [0.1, 0.15) is 0 Å². The summed E-state index contributed by atoms with van der Waals surface area (Å²) in [6.07, 6.45) is 2.78. The third kappa shape index (κ3) is 4.89. The number of nitrogens with zero attached hydrogens (tertiary/aromatic N) is 1. The van der Waals surface area contributed by atoms with E-state index in [0.29, 0.717) is 25.9 Å². The number of rotatable bonds is 7. The molecule has 1 aliphatic rings. The maximum atomic E-state index is 12.3. The molecule has 1 amide bonds. The van der Waals surface area contributed by atoms with E-state index in [1.165, 1.54) is 4.88 Å². The zero-order valence-electron chi connectivity index (χ0n) is 12.0. The van der Waals surface area contributed by atoms with Crippen LogP contribution in [0, 0.1) is 0 Å². The summed E-state index contributed by atoms with van der Waals surface area (Å²) in [6, 6.07) is 4.06. The first-order valence-electron chi connectivity index (χ1n) is 7.25. The van der Waals surface area contributed by atoms with Crippen LogP contribution in [0.2, 0.25) is 0 Å². The van der Waals surface area contributed by atoms with Gasteiger partial charge in [-0.1, -0.05) is 6.07 Å². The SMILES string of the molecule is CC(O)CCC(=O)N(Cc1cccs1)CC1CCCO1. The van der Waals surface area contributed by atoms with Gasteiger partial charge in [-0.25, -0.2) is 0 Å². The molecule has 20 heavy (non-hydrogen) atoms. The first-order chi connectivity index (χ1) is 9.65. The lowest BCUT2D eigenvalue weighted by Gasteiger charge is -2.25. The van der Waals surface area contributed by atoms with E-state index in [9.17, 15) is 9.90 Å². The third-order valence-corrected chi connectivity index (χ3v) is 4.36. The molecule has 1 aromatic heterocycles. The van der Waals surface area contributed by atoms with E-state index in [1.54, 1.807) is 18.3 Å². The van der Waals surface area contributed by atoms with Gasteiger partial charge in [0.2, 0.25) is 5.91 Å². The number of carbonyl (C=O) groups is 1. The number of amides is 1. The second-order valence-electron chi connectivity index (χ2n) is 5.38. The Morgan fingerprint density at radius 3 is 3.10 bits per heavy atom. The minimum atomic E-state index is -0.426. The van der Waals surface area contributed by atoms with E-state index >= 15 is 0 Å². The maximum absolute atomic E-state index is 12.3. The highest BCUT2D eigenvalue weighted by atomic mass is 32.1. The average Bonchev–Trinajstić information content (AvgIpc) is 3.08. The van der Waals surface area contributed by atoms with Crippen molar-refractivity contribution in [2.45, 2.75) is 51.4 Å². The van der Waals surface area contributed by atoms with Gasteiger partial charge in [0.05, 0.1) is 18.8 Å². The predicted molar refractivity (Wildman–Crippen MR) is 79.6 cm³/mol. The van der Waals surface area contributed by atoms with Crippen molar-refractivity contribution in [3.8, 4) is 0 Å². The van der Waals surface area contributed by atoms with Crippen LogP contribution in [0.4, 0.5) is 0 Å². The lowest BCUT2D eigenvalue weighted by Crippen LogP contribution is -2.36. The highest BCUT2D eigenvalue weighted by Crippen LogP contribution is 2.18. The fourth-order valence-corrected chi connectivity index (χ4v) is 3.09. The maximum Gasteiger partial charge on any atom is 0.223 e. The van der Waals surface area contributed by atoms with Crippen molar-refractivity contribution < 1.29 is 14.6 Å². The molecule has 0 bridgehead atoms. The standard InChI is InChI=1S/C15H23NO3S/c1-12(17)6-7-15(18)16(10-13-4-2-8-19-13)11-14-5-3-9-20-14/h3,5,9,12-13,17H,2,4,6-8,10-11H2,1H3. The van der Waals surface area contributed by atoms with Crippen molar-refractivity contribution >= 4 is 17.2 Å². The lowest BCUT2D eigenvalue weighted by atomic mass is 10.1. The van der Waals surface area contributed by atoms with Crippen LogP contribution in [0.1, 0.15) is 37.5 Å². The van der Waals surface area contributed by atoms with Gasteiger partial charge < -0.3 is 14.7 Å². The number of thiophene rings is 1. The van der Waals surface area contributed by atoms with E-state index in [4.69, 9.17) is 4.74 Å². The summed E-state index contributed by atoms with van der Waals surface area (Å²) in [7, 11) is 0. The van der Waals surface area contributed by atoms with Gasteiger partial charge in [0.15, 0.2) is 0 Å². The fourth-order valence-electron chi connectivity index (χ4n) is 2.37. The van der Waals surface area contributed by atoms with Gasteiger partial charge in [0.25, 0.3) is 0 Å². The Hall–Kier alpha value is -0.910. The van der Waals surface area contributed by atoms with Crippen LogP contribution < -0.4 is 0 Å². The number of aliphatic hydroxyl groups excluding tert-OH is 1. The Balaban J connectivity index is 1.92. The molecule has 2 heterocycles. The van der Waals surface area contributed by atoms with Crippen LogP contribution in [0.3, 0.4) is 0 Å². The average molecular weight is 297 g/mol. The van der Waals surface area contributed by atoms with E-state index < -0.39 is 6.10 Å². The zero-order chi connectivity index (χ0) is 14.4. The summed E-state index contributed by atoms with van der Waals surface area (Å²) < 4.78 is 5.64. The Bertz CT molecular complexity index is 399. The highest BCUT2D eigenvalue weighted by molar-refractivity contribution is 7.09. The van der Waals surface area contributed by atoms with Gasteiger partial charge >= 0.3 is 0 Å². The highest BCUT2D eigenvalue weighted by Gasteiger charge is 2.23. The summed E-state index contributed by atoms with van der Waals surface area (Å²) in [6.45, 7) is 3.84. The van der Waals surface area contributed by atoms with Crippen molar-refractivity contribution in [2.75, 3.05) is 13.2 Å². The molecule has 0 aliphatic carbocycles. The normalized spacial score (nSPS) is 20.0. The lowest BCUT2D eigenvalue weighted by molar-refractivity contribution is -0.134. The molecule has 0 aromatic carbocycles. The van der Waals surface area contributed by atoms with E-state index in [-0.39, 0.29) is 12.0 Å². The minimum absolute atomic E-state index is 0.106. The van der Waals surface area contributed by atoms with Gasteiger partial charge in [-0.2, -0.15) is 0 Å². The second kappa shape index (κ2) is 7.76.